The Morgan fingerprint density at radius 2 is 1.89 bits per heavy atom. The molecule has 1 aromatic carbocycles. The average Bonchev–Trinajstić information content (AvgIpc) is 2.40. The highest BCUT2D eigenvalue weighted by atomic mass is 16.1. The fraction of sp³-hybridized carbons (Fsp3) is 0.500. The maximum Gasteiger partial charge on any atom is 0.220 e. The number of likely N-dealkylation sites (tertiary alicyclic amines) is 1. The summed E-state index contributed by atoms with van der Waals surface area (Å²) in [7, 11) is 0. The molecule has 0 spiro atoms. The number of primary amides is 1. The first-order valence-electron chi connectivity index (χ1n) is 6.49. The second-order valence-corrected chi connectivity index (χ2v) is 4.99. The lowest BCUT2D eigenvalue weighted by molar-refractivity contribution is -0.123. The van der Waals surface area contributed by atoms with Gasteiger partial charge in [0, 0.05) is 18.5 Å². The summed E-state index contributed by atoms with van der Waals surface area (Å²) in [6.45, 7) is 2.66. The predicted octanol–water partition coefficient (Wildman–Crippen LogP) is 0.884. The van der Waals surface area contributed by atoms with E-state index in [4.69, 9.17) is 11.5 Å². The number of benzene rings is 1. The summed E-state index contributed by atoms with van der Waals surface area (Å²) in [5, 5.41) is 0. The minimum Gasteiger partial charge on any atom is -0.369 e. The topological polar surface area (TPSA) is 72.4 Å². The maximum atomic E-state index is 11.1. The smallest absolute Gasteiger partial charge is 0.220 e. The summed E-state index contributed by atoms with van der Waals surface area (Å²) in [4.78, 5) is 13.4. The van der Waals surface area contributed by atoms with Crippen LogP contribution >= 0.6 is 0 Å². The molecule has 4 N–H and O–H groups in total. The van der Waals surface area contributed by atoms with Gasteiger partial charge in [-0.1, -0.05) is 30.3 Å². The number of carbonyl (C=O) groups is 1. The molecule has 18 heavy (non-hydrogen) atoms. The third-order valence-electron chi connectivity index (χ3n) is 3.67. The number of piperidine rings is 1. The van der Waals surface area contributed by atoms with E-state index < -0.39 is 0 Å². The van der Waals surface area contributed by atoms with Crippen molar-refractivity contribution in [3.63, 3.8) is 0 Å². The van der Waals surface area contributed by atoms with Gasteiger partial charge in [0.2, 0.25) is 5.91 Å². The summed E-state index contributed by atoms with van der Waals surface area (Å²) >= 11 is 0. The molecule has 1 fully saturated rings. The van der Waals surface area contributed by atoms with Crippen LogP contribution < -0.4 is 11.5 Å². The van der Waals surface area contributed by atoms with Crippen molar-refractivity contribution in [2.24, 2.45) is 17.4 Å². The van der Waals surface area contributed by atoms with Gasteiger partial charge >= 0.3 is 0 Å². The van der Waals surface area contributed by atoms with Gasteiger partial charge in [0.15, 0.2) is 0 Å². The highest BCUT2D eigenvalue weighted by Crippen LogP contribution is 2.19. The molecule has 1 heterocycles. The van der Waals surface area contributed by atoms with Crippen LogP contribution in [-0.2, 0) is 4.79 Å². The molecule has 98 valence electrons. The van der Waals surface area contributed by atoms with Gasteiger partial charge in [-0.25, -0.2) is 0 Å². The van der Waals surface area contributed by atoms with Crippen molar-refractivity contribution >= 4 is 5.91 Å². The molecule has 4 nitrogen and oxygen atoms in total. The first-order valence-corrected chi connectivity index (χ1v) is 6.49. The third kappa shape index (κ3) is 3.31. The SMILES string of the molecule is NC(=O)C1CCN(CC(N)c2ccccc2)CC1. The van der Waals surface area contributed by atoms with Gasteiger partial charge in [-0.15, -0.1) is 0 Å². The highest BCUT2D eigenvalue weighted by molar-refractivity contribution is 5.76. The molecule has 0 saturated carbocycles. The number of hydrogen-bond acceptors (Lipinski definition) is 3. The summed E-state index contributed by atoms with van der Waals surface area (Å²) in [6, 6.07) is 10.2. The standard InChI is InChI=1S/C14H21N3O/c15-13(11-4-2-1-3-5-11)10-17-8-6-12(7-9-17)14(16)18/h1-5,12-13H,6-10,15H2,(H2,16,18). The van der Waals surface area contributed by atoms with Crippen molar-refractivity contribution in [2.45, 2.75) is 18.9 Å². The lowest BCUT2D eigenvalue weighted by Gasteiger charge is -2.32. The van der Waals surface area contributed by atoms with Crippen molar-refractivity contribution in [1.82, 2.24) is 4.90 Å². The monoisotopic (exact) mass is 247 g/mol. The van der Waals surface area contributed by atoms with E-state index in [2.05, 4.69) is 17.0 Å². The minimum absolute atomic E-state index is 0.0383. The van der Waals surface area contributed by atoms with E-state index in [9.17, 15) is 4.79 Å². The number of nitrogens with two attached hydrogens (primary N) is 2. The average molecular weight is 247 g/mol. The molecule has 1 saturated heterocycles. The molecular formula is C14H21N3O. The fourth-order valence-corrected chi connectivity index (χ4v) is 2.48. The quantitative estimate of drug-likeness (QED) is 0.829. The number of rotatable bonds is 4. The van der Waals surface area contributed by atoms with E-state index in [-0.39, 0.29) is 17.9 Å². The van der Waals surface area contributed by atoms with Crippen LogP contribution in [0.5, 0.6) is 0 Å². The Labute approximate surface area is 108 Å². The van der Waals surface area contributed by atoms with Crippen LogP contribution in [0.3, 0.4) is 0 Å². The Kier molecular flexibility index (Phi) is 4.33. The van der Waals surface area contributed by atoms with Gasteiger partial charge in [-0.3, -0.25) is 4.79 Å². The van der Waals surface area contributed by atoms with Gasteiger partial charge < -0.3 is 16.4 Å². The van der Waals surface area contributed by atoms with Gasteiger partial charge in [-0.05, 0) is 31.5 Å². The molecule has 1 atom stereocenters. The highest BCUT2D eigenvalue weighted by Gasteiger charge is 2.24. The summed E-state index contributed by atoms with van der Waals surface area (Å²) in [5.41, 5.74) is 12.7. The predicted molar refractivity (Wildman–Crippen MR) is 71.7 cm³/mol. The Morgan fingerprint density at radius 3 is 2.44 bits per heavy atom. The number of amides is 1. The van der Waals surface area contributed by atoms with Crippen molar-refractivity contribution in [2.75, 3.05) is 19.6 Å². The maximum absolute atomic E-state index is 11.1. The van der Waals surface area contributed by atoms with Gasteiger partial charge in [0.05, 0.1) is 0 Å². The molecule has 2 rings (SSSR count). The van der Waals surface area contributed by atoms with Gasteiger partial charge in [0.25, 0.3) is 0 Å². The zero-order valence-corrected chi connectivity index (χ0v) is 10.6. The molecule has 0 aromatic heterocycles. The van der Waals surface area contributed by atoms with Crippen molar-refractivity contribution < 1.29 is 4.79 Å². The normalized spacial score (nSPS) is 19.6. The summed E-state index contributed by atoms with van der Waals surface area (Å²) in [6.07, 6.45) is 1.72. The van der Waals surface area contributed by atoms with Crippen molar-refractivity contribution in [3.05, 3.63) is 35.9 Å². The largest absolute Gasteiger partial charge is 0.369 e. The van der Waals surface area contributed by atoms with Gasteiger partial charge in [-0.2, -0.15) is 0 Å². The number of carbonyl (C=O) groups excluding carboxylic acids is 1. The van der Waals surface area contributed by atoms with E-state index in [1.165, 1.54) is 0 Å². The number of hydrogen-bond donors (Lipinski definition) is 2. The van der Waals surface area contributed by atoms with E-state index in [1.807, 2.05) is 18.2 Å². The lowest BCUT2D eigenvalue weighted by atomic mass is 9.95. The van der Waals surface area contributed by atoms with Crippen LogP contribution in [0, 0.1) is 5.92 Å². The van der Waals surface area contributed by atoms with Crippen LogP contribution in [0.4, 0.5) is 0 Å². The molecule has 1 aromatic rings. The van der Waals surface area contributed by atoms with Crippen LogP contribution in [0.1, 0.15) is 24.4 Å². The first-order chi connectivity index (χ1) is 8.66. The van der Waals surface area contributed by atoms with E-state index in [0.29, 0.717) is 0 Å². The molecular weight excluding hydrogens is 226 g/mol. The Balaban J connectivity index is 1.83. The van der Waals surface area contributed by atoms with Gasteiger partial charge in [0.1, 0.15) is 0 Å². The fourth-order valence-electron chi connectivity index (χ4n) is 2.48. The van der Waals surface area contributed by atoms with Crippen LogP contribution in [0.2, 0.25) is 0 Å². The van der Waals surface area contributed by atoms with Crippen LogP contribution in [0.15, 0.2) is 30.3 Å². The Hall–Kier alpha value is -1.39. The molecule has 0 bridgehead atoms. The molecule has 0 radical (unpaired) electrons. The summed E-state index contributed by atoms with van der Waals surface area (Å²) in [5.74, 6) is -0.115. The number of nitrogens with zero attached hydrogens (tertiary/aromatic N) is 1. The first kappa shape index (κ1) is 13.1. The third-order valence-corrected chi connectivity index (χ3v) is 3.67. The molecule has 1 unspecified atom stereocenters. The molecule has 1 aliphatic heterocycles. The Morgan fingerprint density at radius 1 is 1.28 bits per heavy atom. The minimum atomic E-state index is -0.165. The van der Waals surface area contributed by atoms with E-state index >= 15 is 0 Å². The van der Waals surface area contributed by atoms with Crippen molar-refractivity contribution in [1.29, 1.82) is 0 Å². The molecule has 1 aliphatic rings. The Bertz CT molecular complexity index is 385. The van der Waals surface area contributed by atoms with E-state index in [1.54, 1.807) is 0 Å². The zero-order chi connectivity index (χ0) is 13.0. The summed E-state index contributed by atoms with van der Waals surface area (Å²) < 4.78 is 0. The van der Waals surface area contributed by atoms with Crippen LogP contribution in [0.25, 0.3) is 0 Å². The molecule has 0 aliphatic carbocycles. The van der Waals surface area contributed by atoms with Crippen molar-refractivity contribution in [3.8, 4) is 0 Å². The molecule has 4 heteroatoms. The second kappa shape index (κ2) is 5.98. The van der Waals surface area contributed by atoms with E-state index in [0.717, 1.165) is 38.0 Å². The zero-order valence-electron chi connectivity index (χ0n) is 10.6. The lowest BCUT2D eigenvalue weighted by Crippen LogP contribution is -2.41. The second-order valence-electron chi connectivity index (χ2n) is 4.99. The van der Waals surface area contributed by atoms with Crippen LogP contribution in [-0.4, -0.2) is 30.4 Å². The molecule has 1 amide bonds.